The second-order valence-electron chi connectivity index (χ2n) is 23.8. The van der Waals surface area contributed by atoms with Crippen molar-refractivity contribution in [2.24, 2.45) is 11.7 Å². The smallest absolute Gasteiger partial charge is 0.305 e. The maximum Gasteiger partial charge on any atom is 0.305 e. The average Bonchev–Trinajstić information content (AvgIpc) is 1.81. The first-order chi connectivity index (χ1) is 45.9. The predicted molar refractivity (Wildman–Crippen MR) is 351 cm³/mol. The van der Waals surface area contributed by atoms with Gasteiger partial charge in [-0.25, -0.2) is 12.8 Å². The van der Waals surface area contributed by atoms with Crippen LogP contribution in [0.5, 0.6) is 5.75 Å². The van der Waals surface area contributed by atoms with Gasteiger partial charge in [-0.15, -0.1) is 0 Å². The maximum absolute atomic E-state index is 14.9. The molecule has 0 bridgehead atoms. The summed E-state index contributed by atoms with van der Waals surface area (Å²) in [6, 6.07) is 6.11. The predicted octanol–water partition coefficient (Wildman–Crippen LogP) is 2.71. The summed E-state index contributed by atoms with van der Waals surface area (Å²) in [5.41, 5.74) is 10.4. The number of carboxylic acid groups (broad SMARTS) is 3. The summed E-state index contributed by atoms with van der Waals surface area (Å²) < 4.78 is 48.5. The number of carboxylic acids is 3. The zero-order chi connectivity index (χ0) is 71.5. The molecular formula is C66H86FN11O18S. The number of ether oxygens (including phenoxy) is 1. The van der Waals surface area contributed by atoms with Crippen LogP contribution in [-0.2, 0) is 69.2 Å². The molecule has 7 unspecified atom stereocenters. The van der Waals surface area contributed by atoms with Crippen LogP contribution in [0, 0.1) is 26.7 Å². The number of nitrogens with one attached hydrogen (secondary N) is 10. The number of para-hydroxylation sites is 1. The minimum Gasteiger partial charge on any atom is -0.497 e. The van der Waals surface area contributed by atoms with Crippen LogP contribution in [0.3, 0.4) is 0 Å². The molecule has 3 aromatic carbocycles. The lowest BCUT2D eigenvalue weighted by Crippen LogP contribution is -2.58. The third-order valence-corrected chi connectivity index (χ3v) is 17.2. The van der Waals surface area contributed by atoms with Crippen LogP contribution in [0.4, 0.5) is 4.39 Å². The number of aliphatic carboxylic acids is 3. The summed E-state index contributed by atoms with van der Waals surface area (Å²) in [7, 11) is -3.27. The average molecular weight is 1370 g/mol. The van der Waals surface area contributed by atoms with E-state index < -0.39 is 161 Å². The highest BCUT2D eigenvalue weighted by molar-refractivity contribution is 7.89. The Labute approximate surface area is 559 Å². The molecule has 0 aliphatic heterocycles. The Balaban J connectivity index is 1.24. The number of unbranched alkanes of at least 4 members (excludes halogenated alkanes) is 3. The number of primary amides is 1. The third-order valence-electron chi connectivity index (χ3n) is 15.7. The van der Waals surface area contributed by atoms with Gasteiger partial charge in [0.05, 0.1) is 25.0 Å². The van der Waals surface area contributed by atoms with E-state index >= 15 is 0 Å². The van der Waals surface area contributed by atoms with Crippen molar-refractivity contribution in [1.82, 2.24) is 52.2 Å². The van der Waals surface area contributed by atoms with Gasteiger partial charge >= 0.3 is 17.9 Å². The van der Waals surface area contributed by atoms with E-state index in [1.54, 1.807) is 37.4 Å². The number of H-pyrrole nitrogens is 1. The topological polar surface area (TPSA) is 459 Å². The van der Waals surface area contributed by atoms with E-state index in [1.807, 2.05) is 37.6 Å². The molecule has 4 aromatic rings. The highest BCUT2D eigenvalue weighted by Gasteiger charge is 2.35. The van der Waals surface area contributed by atoms with Crippen LogP contribution in [0.15, 0.2) is 95.3 Å². The Morgan fingerprint density at radius 1 is 0.629 bits per heavy atom. The Bertz CT molecular complexity index is 3680. The van der Waals surface area contributed by atoms with E-state index in [9.17, 15) is 85.7 Å². The van der Waals surface area contributed by atoms with Gasteiger partial charge in [0.1, 0.15) is 47.8 Å². The van der Waals surface area contributed by atoms with Crippen molar-refractivity contribution in [3.8, 4) is 5.75 Å². The molecule has 7 atom stereocenters. The number of amides is 9. The summed E-state index contributed by atoms with van der Waals surface area (Å²) in [6.45, 7) is 6.78. The first kappa shape index (κ1) is 77.7. The van der Waals surface area contributed by atoms with Gasteiger partial charge in [-0.05, 0) is 144 Å². The number of methoxy groups -OCH3 is 1. The second-order valence-corrected chi connectivity index (χ2v) is 25.5. The zero-order valence-electron chi connectivity index (χ0n) is 54.6. The molecule has 1 aromatic heterocycles. The van der Waals surface area contributed by atoms with Crippen molar-refractivity contribution in [3.05, 3.63) is 118 Å². The van der Waals surface area contributed by atoms with Crippen molar-refractivity contribution in [2.75, 3.05) is 26.7 Å². The highest BCUT2D eigenvalue weighted by Crippen LogP contribution is 2.27. The van der Waals surface area contributed by atoms with Crippen LogP contribution in [0.1, 0.15) is 129 Å². The normalized spacial score (nSPS) is 14.7. The zero-order valence-corrected chi connectivity index (χ0v) is 55.4. The second kappa shape index (κ2) is 37.9. The molecule has 5 rings (SSSR count). The molecule has 1 aliphatic rings. The molecule has 1 heterocycles. The van der Waals surface area contributed by atoms with Crippen LogP contribution in [0.2, 0.25) is 0 Å². The Morgan fingerprint density at radius 2 is 1.20 bits per heavy atom. The number of aryl methyl sites for hydroxylation is 3. The maximum atomic E-state index is 14.9. The number of aromatic amines is 1. The Hall–Kier alpha value is -10.0. The third kappa shape index (κ3) is 25.9. The summed E-state index contributed by atoms with van der Waals surface area (Å²) >= 11 is 0. The fourth-order valence-electron chi connectivity index (χ4n) is 11.0. The van der Waals surface area contributed by atoms with Crippen LogP contribution < -0.4 is 57.7 Å². The van der Waals surface area contributed by atoms with Crippen LogP contribution in [-0.4, -0.2) is 163 Å². The number of carbonyl (C=O) groups excluding carboxylic acids is 9. The highest BCUT2D eigenvalue weighted by atomic mass is 32.2. The number of aromatic nitrogens is 1. The number of rotatable bonds is 41. The number of hydrogen-bond acceptors (Lipinski definition) is 15. The first-order valence-electron chi connectivity index (χ1n) is 31.6. The molecule has 29 nitrogen and oxygen atoms in total. The van der Waals surface area contributed by atoms with E-state index in [0.29, 0.717) is 66.3 Å². The lowest BCUT2D eigenvalue weighted by atomic mass is 9.90. The van der Waals surface area contributed by atoms with Crippen molar-refractivity contribution >= 4 is 92.0 Å². The molecule has 1 aliphatic carbocycles. The molecular weight excluding hydrogens is 1290 g/mol. The molecule has 31 heteroatoms. The van der Waals surface area contributed by atoms with E-state index in [-0.39, 0.29) is 56.2 Å². The molecule has 0 radical (unpaired) electrons. The van der Waals surface area contributed by atoms with Gasteiger partial charge in [0.25, 0.3) is 5.91 Å². The number of fused-ring (bicyclic) bond motifs is 1. The number of halogens is 1. The van der Waals surface area contributed by atoms with Crippen LogP contribution in [0.25, 0.3) is 10.9 Å². The van der Waals surface area contributed by atoms with E-state index in [1.165, 1.54) is 25.3 Å². The quantitative estimate of drug-likeness (QED) is 0.0284. The van der Waals surface area contributed by atoms with E-state index in [2.05, 4.69) is 47.5 Å². The van der Waals surface area contributed by atoms with Gasteiger partial charge < -0.3 is 73.3 Å². The minimum atomic E-state index is -4.60. The van der Waals surface area contributed by atoms with Gasteiger partial charge in [0.2, 0.25) is 57.3 Å². The molecule has 0 saturated heterocycles. The van der Waals surface area contributed by atoms with Crippen molar-refractivity contribution in [3.63, 3.8) is 0 Å². The molecule has 9 amide bonds. The molecule has 526 valence electrons. The van der Waals surface area contributed by atoms with Crippen LogP contribution >= 0.6 is 0 Å². The fraction of sp³-hybridized carbons (Fsp3) is 0.455. The molecule has 0 fully saturated rings. The Morgan fingerprint density at radius 3 is 1.79 bits per heavy atom. The van der Waals surface area contributed by atoms with E-state index in [0.717, 1.165) is 34.9 Å². The van der Waals surface area contributed by atoms with Gasteiger partial charge in [0, 0.05) is 61.4 Å². The summed E-state index contributed by atoms with van der Waals surface area (Å²) in [6.07, 6.45) is 2.42. The van der Waals surface area contributed by atoms with Crippen molar-refractivity contribution in [2.45, 2.75) is 165 Å². The lowest BCUT2D eigenvalue weighted by molar-refractivity contribution is -0.140. The SMILES string of the molecule is COc1ccc(S(=O)(=O)NC(CC(=O)O)C(=O)NC(CCC(=O)O)C(=O)NCC(=O)NC(CC2=CC(F)=CC(C)C2)C(=O)NC(Cc2c[nH]c3ccccc23)C(=O)NC(CCC(=O)O)C(=O)NCCCCCC(=O)NC(CCCCNC(=O)c2c(C)cc(C)cc2C)C(N)=O)cc1. The van der Waals surface area contributed by atoms with Gasteiger partial charge in [0.15, 0.2) is 0 Å². The molecule has 15 N–H and O–H groups in total. The number of allylic oxidation sites excluding steroid dienone is 3. The van der Waals surface area contributed by atoms with Gasteiger partial charge in [-0.3, -0.25) is 57.5 Å². The number of nitrogens with two attached hydrogens (primary N) is 1. The first-order valence-corrected chi connectivity index (χ1v) is 33.1. The standard InChI is InChI=1S/C66H86FN11O18S/c1-37-27-39(3)59(40(4)28-37)66(93)70-26-12-10-15-48(60(68)87)73-54(79)16-7-6-11-25-69-61(88)49(21-23-56(81)82)75-64(91)52(33-42-35-71-47-14-9-8-13-46(42)47)77-63(90)51(32-41-29-38(2)30-43(67)31-41)74-55(80)36-72-62(89)50(22-24-57(83)84)76-65(92)53(34-58(85)86)78-97(94,95)45-19-17-44(96-5)18-20-45/h8-9,13-14,17-20,27-28,30-31,35,38,48-53,71,78H,6-7,10-12,15-16,21-26,29,32-34,36H2,1-5H3,(H2,68,87)(H,69,88)(H,70,93)(H,72,89)(H,73,79)(H,74,80)(H,75,91)(H,76,92)(H,77,90)(H,81,82)(H,83,84)(H,85,86). The number of benzene rings is 3. The summed E-state index contributed by atoms with van der Waals surface area (Å²) in [5, 5.41) is 49.7. The largest absolute Gasteiger partial charge is 0.497 e. The van der Waals surface area contributed by atoms with Crippen molar-refractivity contribution < 1.29 is 90.4 Å². The van der Waals surface area contributed by atoms with Gasteiger partial charge in [-0.1, -0.05) is 54.8 Å². The molecule has 0 spiro atoms. The Kier molecular flexibility index (Phi) is 30.3. The van der Waals surface area contributed by atoms with E-state index in [4.69, 9.17) is 10.5 Å². The summed E-state index contributed by atoms with van der Waals surface area (Å²) in [4.78, 5) is 160. The van der Waals surface area contributed by atoms with Crippen molar-refractivity contribution in [1.29, 1.82) is 0 Å². The van der Waals surface area contributed by atoms with Gasteiger partial charge in [-0.2, -0.15) is 4.72 Å². The fourth-order valence-corrected chi connectivity index (χ4v) is 12.2. The number of carbonyl (C=O) groups is 12. The monoisotopic (exact) mass is 1370 g/mol. The minimum absolute atomic E-state index is 0.0111. The number of hydrogen-bond donors (Lipinski definition) is 14. The molecule has 97 heavy (non-hydrogen) atoms. The number of sulfonamides is 1. The molecule has 0 saturated carbocycles. The lowest BCUT2D eigenvalue weighted by Gasteiger charge is -2.27. The summed E-state index contributed by atoms with van der Waals surface area (Å²) in [5.74, 6) is -12.9.